The van der Waals surface area contributed by atoms with Crippen LogP contribution in [0.4, 0.5) is 0 Å². The van der Waals surface area contributed by atoms with Gasteiger partial charge in [-0.3, -0.25) is 0 Å². The summed E-state index contributed by atoms with van der Waals surface area (Å²) in [5.41, 5.74) is 5.96. The van der Waals surface area contributed by atoms with Gasteiger partial charge in [-0.05, 0) is 18.2 Å². The van der Waals surface area contributed by atoms with Gasteiger partial charge >= 0.3 is 5.97 Å². The number of nitrogens with zero attached hydrogens (tertiary/aromatic N) is 1. The fourth-order valence-electron chi connectivity index (χ4n) is 1.40. The highest BCUT2D eigenvalue weighted by molar-refractivity contribution is 9.10. The quantitative estimate of drug-likeness (QED) is 0.907. The van der Waals surface area contributed by atoms with Gasteiger partial charge in [0.15, 0.2) is 11.5 Å². The maximum atomic E-state index is 10.9. The summed E-state index contributed by atoms with van der Waals surface area (Å²) >= 11 is 3.32. The molecule has 0 aliphatic carbocycles. The Labute approximate surface area is 105 Å². The highest BCUT2D eigenvalue weighted by Gasteiger charge is 2.18. The van der Waals surface area contributed by atoms with Gasteiger partial charge in [-0.2, -0.15) is 0 Å². The third kappa shape index (κ3) is 2.37. The van der Waals surface area contributed by atoms with Crippen LogP contribution >= 0.6 is 15.9 Å². The maximum absolute atomic E-state index is 10.9. The number of hydrogen-bond donors (Lipinski definition) is 2. The van der Waals surface area contributed by atoms with Crippen LogP contribution in [-0.4, -0.2) is 16.1 Å². The lowest BCUT2D eigenvalue weighted by Gasteiger charge is -1.95. The molecule has 0 fully saturated rings. The molecule has 17 heavy (non-hydrogen) atoms. The van der Waals surface area contributed by atoms with E-state index in [1.165, 1.54) is 0 Å². The molecule has 0 saturated carbocycles. The number of oxazole rings is 1. The van der Waals surface area contributed by atoms with Crippen molar-refractivity contribution in [3.63, 3.8) is 0 Å². The summed E-state index contributed by atoms with van der Waals surface area (Å²) in [6, 6.07) is 7.24. The first kappa shape index (κ1) is 11.8. The summed E-state index contributed by atoms with van der Waals surface area (Å²) in [5.74, 6) is -0.716. The van der Waals surface area contributed by atoms with Gasteiger partial charge in [0.25, 0.3) is 0 Å². The number of nitrogens with two attached hydrogens (primary N) is 1. The van der Waals surface area contributed by atoms with Gasteiger partial charge < -0.3 is 15.3 Å². The molecule has 0 bridgehead atoms. The van der Waals surface area contributed by atoms with Gasteiger partial charge in [0.05, 0.1) is 6.54 Å². The third-order valence-corrected chi connectivity index (χ3v) is 2.65. The molecular formula is C11H9BrN2O3. The number of benzene rings is 1. The average Bonchev–Trinajstić information content (AvgIpc) is 2.73. The fraction of sp³-hybridized carbons (Fsp3) is 0.0909. The maximum Gasteiger partial charge on any atom is 0.358 e. The van der Waals surface area contributed by atoms with Crippen LogP contribution in [0.2, 0.25) is 0 Å². The molecule has 1 aromatic carbocycles. The average molecular weight is 297 g/mol. The molecule has 0 aliphatic rings. The Balaban J connectivity index is 2.50. The molecule has 0 atom stereocenters. The molecule has 88 valence electrons. The molecular weight excluding hydrogens is 288 g/mol. The minimum absolute atomic E-state index is 0.00262. The molecule has 1 aromatic heterocycles. The lowest BCUT2D eigenvalue weighted by atomic mass is 10.2. The SMILES string of the molecule is NCc1oc(-c2cccc(Br)c2)nc1C(=O)O. The minimum Gasteiger partial charge on any atom is -0.476 e. The number of rotatable bonds is 3. The predicted octanol–water partition coefficient (Wildman–Crippen LogP) is 2.26. The largest absolute Gasteiger partial charge is 0.476 e. The van der Waals surface area contributed by atoms with Crippen LogP contribution in [0.1, 0.15) is 16.2 Å². The number of halogens is 1. The van der Waals surface area contributed by atoms with Crippen molar-refractivity contribution in [1.82, 2.24) is 4.98 Å². The van der Waals surface area contributed by atoms with Crippen LogP contribution in [0.5, 0.6) is 0 Å². The molecule has 2 rings (SSSR count). The van der Waals surface area contributed by atoms with E-state index in [9.17, 15) is 4.79 Å². The fourth-order valence-corrected chi connectivity index (χ4v) is 1.80. The van der Waals surface area contributed by atoms with Crippen LogP contribution < -0.4 is 5.73 Å². The van der Waals surface area contributed by atoms with Gasteiger partial charge in [0.2, 0.25) is 5.89 Å². The first-order chi connectivity index (χ1) is 8.11. The predicted molar refractivity (Wildman–Crippen MR) is 64.5 cm³/mol. The molecule has 0 unspecified atom stereocenters. The van der Waals surface area contributed by atoms with E-state index >= 15 is 0 Å². The smallest absolute Gasteiger partial charge is 0.358 e. The molecule has 0 saturated heterocycles. The molecule has 0 amide bonds. The second-order valence-corrected chi connectivity index (χ2v) is 4.23. The van der Waals surface area contributed by atoms with Crippen molar-refractivity contribution in [2.45, 2.75) is 6.54 Å². The number of aromatic carboxylic acids is 1. The van der Waals surface area contributed by atoms with E-state index in [1.807, 2.05) is 12.1 Å². The lowest BCUT2D eigenvalue weighted by molar-refractivity contribution is 0.0689. The van der Waals surface area contributed by atoms with Gasteiger partial charge in [0, 0.05) is 10.0 Å². The molecule has 0 aliphatic heterocycles. The van der Waals surface area contributed by atoms with Crippen molar-refractivity contribution in [2.24, 2.45) is 5.73 Å². The van der Waals surface area contributed by atoms with Gasteiger partial charge in [-0.25, -0.2) is 9.78 Å². The standard InChI is InChI=1S/C11H9BrN2O3/c12-7-3-1-2-6(4-7)10-14-9(11(15)16)8(5-13)17-10/h1-4H,5,13H2,(H,15,16). The third-order valence-electron chi connectivity index (χ3n) is 2.16. The molecule has 6 heteroatoms. The van der Waals surface area contributed by atoms with Crippen LogP contribution in [0.15, 0.2) is 33.2 Å². The van der Waals surface area contributed by atoms with E-state index in [1.54, 1.807) is 12.1 Å². The second kappa shape index (κ2) is 4.68. The Bertz CT molecular complexity index is 566. The van der Waals surface area contributed by atoms with E-state index in [0.717, 1.165) is 4.47 Å². The Morgan fingerprint density at radius 2 is 2.29 bits per heavy atom. The summed E-state index contributed by atoms with van der Waals surface area (Å²) < 4.78 is 6.19. The molecule has 0 spiro atoms. The summed E-state index contributed by atoms with van der Waals surface area (Å²) in [7, 11) is 0. The zero-order chi connectivity index (χ0) is 12.4. The highest BCUT2D eigenvalue weighted by atomic mass is 79.9. The molecule has 5 nitrogen and oxygen atoms in total. The Morgan fingerprint density at radius 3 is 2.82 bits per heavy atom. The van der Waals surface area contributed by atoms with Crippen LogP contribution in [-0.2, 0) is 6.54 Å². The van der Waals surface area contributed by atoms with Crippen LogP contribution in [0.3, 0.4) is 0 Å². The van der Waals surface area contributed by atoms with Crippen LogP contribution in [0, 0.1) is 0 Å². The van der Waals surface area contributed by atoms with Gasteiger partial charge in [-0.15, -0.1) is 0 Å². The van der Waals surface area contributed by atoms with Crippen molar-refractivity contribution in [3.8, 4) is 11.5 Å². The number of aromatic nitrogens is 1. The van der Waals surface area contributed by atoms with E-state index in [-0.39, 0.29) is 23.9 Å². The second-order valence-electron chi connectivity index (χ2n) is 3.31. The summed E-state index contributed by atoms with van der Waals surface area (Å²) in [6.45, 7) is 0.00262. The number of carbonyl (C=O) groups is 1. The first-order valence-electron chi connectivity index (χ1n) is 4.81. The van der Waals surface area contributed by atoms with Gasteiger partial charge in [-0.1, -0.05) is 22.0 Å². The summed E-state index contributed by atoms with van der Waals surface area (Å²) in [4.78, 5) is 14.8. The highest BCUT2D eigenvalue weighted by Crippen LogP contribution is 2.24. The molecule has 0 radical (unpaired) electrons. The van der Waals surface area contributed by atoms with Crippen molar-refractivity contribution < 1.29 is 14.3 Å². The zero-order valence-corrected chi connectivity index (χ0v) is 10.3. The Hall–Kier alpha value is -1.66. The van der Waals surface area contributed by atoms with Crippen molar-refractivity contribution in [2.75, 3.05) is 0 Å². The summed E-state index contributed by atoms with van der Waals surface area (Å²) in [6.07, 6.45) is 0. The van der Waals surface area contributed by atoms with E-state index < -0.39 is 5.97 Å². The minimum atomic E-state index is -1.14. The van der Waals surface area contributed by atoms with E-state index in [4.69, 9.17) is 15.3 Å². The van der Waals surface area contributed by atoms with Crippen molar-refractivity contribution in [3.05, 3.63) is 40.2 Å². The monoisotopic (exact) mass is 296 g/mol. The molecule has 3 N–H and O–H groups in total. The lowest BCUT2D eigenvalue weighted by Crippen LogP contribution is -2.04. The topological polar surface area (TPSA) is 89.4 Å². The van der Waals surface area contributed by atoms with Gasteiger partial charge in [0.1, 0.15) is 0 Å². The Kier molecular flexibility index (Phi) is 3.26. The molecule has 1 heterocycles. The summed E-state index contributed by atoms with van der Waals surface area (Å²) in [5, 5.41) is 8.92. The number of carboxylic acid groups (broad SMARTS) is 1. The van der Waals surface area contributed by atoms with E-state index in [2.05, 4.69) is 20.9 Å². The zero-order valence-electron chi connectivity index (χ0n) is 8.68. The first-order valence-corrected chi connectivity index (χ1v) is 5.60. The van der Waals surface area contributed by atoms with Crippen molar-refractivity contribution >= 4 is 21.9 Å². The Morgan fingerprint density at radius 1 is 1.53 bits per heavy atom. The number of carboxylic acids is 1. The van der Waals surface area contributed by atoms with Crippen molar-refractivity contribution in [1.29, 1.82) is 0 Å². The van der Waals surface area contributed by atoms with E-state index in [0.29, 0.717) is 5.56 Å². The molecule has 2 aromatic rings. The number of hydrogen-bond acceptors (Lipinski definition) is 4. The normalized spacial score (nSPS) is 10.5. The van der Waals surface area contributed by atoms with Crippen LogP contribution in [0.25, 0.3) is 11.5 Å².